The highest BCUT2D eigenvalue weighted by Gasteiger charge is 2.27. The van der Waals surface area contributed by atoms with Gasteiger partial charge in [0.15, 0.2) is 0 Å². The number of methoxy groups -OCH3 is 1. The van der Waals surface area contributed by atoms with Crippen molar-refractivity contribution >= 4 is 0 Å². The second kappa shape index (κ2) is 6.44. The molecule has 0 aromatic rings. The van der Waals surface area contributed by atoms with Crippen molar-refractivity contribution in [2.75, 3.05) is 13.7 Å². The van der Waals surface area contributed by atoms with Gasteiger partial charge in [-0.2, -0.15) is 0 Å². The Bertz CT molecular complexity index is 144. The van der Waals surface area contributed by atoms with Crippen LogP contribution in [0.2, 0.25) is 0 Å². The number of hydrogen-bond donors (Lipinski definition) is 0. The summed E-state index contributed by atoms with van der Waals surface area (Å²) in [6, 6.07) is 0. The lowest BCUT2D eigenvalue weighted by Crippen LogP contribution is -2.26. The maximum Gasteiger partial charge on any atom is 0.0465 e. The van der Waals surface area contributed by atoms with Crippen molar-refractivity contribution in [2.24, 2.45) is 17.8 Å². The van der Waals surface area contributed by atoms with Crippen LogP contribution in [0.1, 0.15) is 52.4 Å². The van der Waals surface area contributed by atoms with E-state index in [2.05, 4.69) is 13.8 Å². The molecule has 3 atom stereocenters. The van der Waals surface area contributed by atoms with Crippen molar-refractivity contribution in [2.45, 2.75) is 52.4 Å². The molecule has 0 aliphatic heterocycles. The van der Waals surface area contributed by atoms with Gasteiger partial charge in [0, 0.05) is 13.7 Å². The Morgan fingerprint density at radius 2 is 2.00 bits per heavy atom. The van der Waals surface area contributed by atoms with Crippen LogP contribution in [0, 0.1) is 17.8 Å². The second-order valence-corrected chi connectivity index (χ2v) is 4.88. The van der Waals surface area contributed by atoms with Crippen LogP contribution in [-0.4, -0.2) is 13.7 Å². The van der Waals surface area contributed by atoms with Crippen LogP contribution in [-0.2, 0) is 4.74 Å². The highest BCUT2D eigenvalue weighted by atomic mass is 16.5. The van der Waals surface area contributed by atoms with E-state index in [0.717, 1.165) is 24.4 Å². The van der Waals surface area contributed by atoms with Crippen LogP contribution >= 0.6 is 0 Å². The molecule has 0 N–H and O–H groups in total. The van der Waals surface area contributed by atoms with Crippen molar-refractivity contribution < 1.29 is 4.74 Å². The molecule has 84 valence electrons. The van der Waals surface area contributed by atoms with Crippen molar-refractivity contribution in [3.8, 4) is 0 Å². The molecule has 0 bridgehead atoms. The van der Waals surface area contributed by atoms with Gasteiger partial charge in [0.2, 0.25) is 0 Å². The van der Waals surface area contributed by atoms with Crippen molar-refractivity contribution in [1.29, 1.82) is 0 Å². The first-order valence-corrected chi connectivity index (χ1v) is 6.28. The smallest absolute Gasteiger partial charge is 0.0465 e. The summed E-state index contributed by atoms with van der Waals surface area (Å²) in [5.41, 5.74) is 0. The summed E-state index contributed by atoms with van der Waals surface area (Å²) in [7, 11) is 1.82. The molecule has 1 saturated carbocycles. The van der Waals surface area contributed by atoms with E-state index in [0.29, 0.717) is 0 Å². The zero-order valence-electron chi connectivity index (χ0n) is 10.1. The topological polar surface area (TPSA) is 9.23 Å². The Morgan fingerprint density at radius 1 is 1.29 bits per heavy atom. The van der Waals surface area contributed by atoms with Crippen LogP contribution < -0.4 is 0 Å². The van der Waals surface area contributed by atoms with E-state index in [1.54, 1.807) is 0 Å². The minimum Gasteiger partial charge on any atom is -0.385 e. The minimum atomic E-state index is 0.914. The maximum atomic E-state index is 5.21. The van der Waals surface area contributed by atoms with Crippen LogP contribution in [0.5, 0.6) is 0 Å². The molecule has 1 aliphatic carbocycles. The lowest BCUT2D eigenvalue weighted by Gasteiger charge is -2.35. The van der Waals surface area contributed by atoms with Crippen molar-refractivity contribution in [3.63, 3.8) is 0 Å². The molecule has 1 aliphatic rings. The van der Waals surface area contributed by atoms with Gasteiger partial charge in [0.25, 0.3) is 0 Å². The first kappa shape index (κ1) is 12.0. The molecule has 1 heteroatoms. The van der Waals surface area contributed by atoms with Crippen LogP contribution in [0.15, 0.2) is 0 Å². The van der Waals surface area contributed by atoms with E-state index in [-0.39, 0.29) is 0 Å². The third kappa shape index (κ3) is 3.27. The summed E-state index contributed by atoms with van der Waals surface area (Å²) in [5.74, 6) is 2.83. The lowest BCUT2D eigenvalue weighted by atomic mass is 9.71. The molecule has 14 heavy (non-hydrogen) atoms. The van der Waals surface area contributed by atoms with E-state index >= 15 is 0 Å². The first-order valence-electron chi connectivity index (χ1n) is 6.28. The van der Waals surface area contributed by atoms with Gasteiger partial charge >= 0.3 is 0 Å². The van der Waals surface area contributed by atoms with Crippen LogP contribution in [0.4, 0.5) is 0 Å². The third-order valence-corrected chi connectivity index (χ3v) is 4.04. The molecule has 0 amide bonds. The highest BCUT2D eigenvalue weighted by molar-refractivity contribution is 4.78. The zero-order chi connectivity index (χ0) is 10.4. The second-order valence-electron chi connectivity index (χ2n) is 4.88. The summed E-state index contributed by atoms with van der Waals surface area (Å²) in [6.07, 6.45) is 8.43. The lowest BCUT2D eigenvalue weighted by molar-refractivity contribution is 0.111. The maximum absolute atomic E-state index is 5.21. The van der Waals surface area contributed by atoms with Crippen molar-refractivity contribution in [1.82, 2.24) is 0 Å². The summed E-state index contributed by atoms with van der Waals surface area (Å²) in [4.78, 5) is 0. The average molecular weight is 198 g/mol. The first-order chi connectivity index (χ1) is 6.79. The van der Waals surface area contributed by atoms with Crippen LogP contribution in [0.25, 0.3) is 0 Å². The SMILES string of the molecule is CCC(C)C1CCCCC1CCOC. The Morgan fingerprint density at radius 3 is 2.64 bits per heavy atom. The fourth-order valence-corrected chi connectivity index (χ4v) is 2.92. The third-order valence-electron chi connectivity index (χ3n) is 4.04. The van der Waals surface area contributed by atoms with Crippen LogP contribution in [0.3, 0.4) is 0 Å². The zero-order valence-corrected chi connectivity index (χ0v) is 10.1. The number of ether oxygens (including phenoxy) is 1. The molecule has 0 saturated heterocycles. The van der Waals surface area contributed by atoms with Gasteiger partial charge in [-0.25, -0.2) is 0 Å². The van der Waals surface area contributed by atoms with Gasteiger partial charge in [-0.15, -0.1) is 0 Å². The number of rotatable bonds is 5. The Labute approximate surface area is 89.2 Å². The van der Waals surface area contributed by atoms with Crippen molar-refractivity contribution in [3.05, 3.63) is 0 Å². The molecule has 1 rings (SSSR count). The van der Waals surface area contributed by atoms with E-state index in [1.165, 1.54) is 38.5 Å². The molecular weight excluding hydrogens is 172 g/mol. The predicted molar refractivity (Wildman–Crippen MR) is 61.4 cm³/mol. The molecule has 1 fully saturated rings. The fraction of sp³-hybridized carbons (Fsp3) is 1.00. The molecule has 0 radical (unpaired) electrons. The van der Waals surface area contributed by atoms with Gasteiger partial charge in [0.1, 0.15) is 0 Å². The monoisotopic (exact) mass is 198 g/mol. The summed E-state index contributed by atoms with van der Waals surface area (Å²) >= 11 is 0. The highest BCUT2D eigenvalue weighted by Crippen LogP contribution is 2.38. The molecule has 0 aromatic carbocycles. The molecule has 3 unspecified atom stereocenters. The Kier molecular flexibility index (Phi) is 5.54. The Hall–Kier alpha value is -0.0400. The standard InChI is InChI=1S/C13H26O/c1-4-11(2)13-8-6-5-7-12(13)9-10-14-3/h11-13H,4-10H2,1-3H3. The van der Waals surface area contributed by atoms with E-state index < -0.39 is 0 Å². The molecular formula is C13H26O. The van der Waals surface area contributed by atoms with E-state index in [9.17, 15) is 0 Å². The van der Waals surface area contributed by atoms with Gasteiger partial charge in [-0.1, -0.05) is 39.5 Å². The predicted octanol–water partition coefficient (Wildman–Crippen LogP) is 3.88. The van der Waals surface area contributed by atoms with Gasteiger partial charge < -0.3 is 4.74 Å². The van der Waals surface area contributed by atoms with Gasteiger partial charge in [-0.3, -0.25) is 0 Å². The summed E-state index contributed by atoms with van der Waals surface area (Å²) < 4.78 is 5.21. The average Bonchev–Trinajstić information content (AvgIpc) is 2.25. The molecule has 0 aromatic heterocycles. The number of hydrogen-bond acceptors (Lipinski definition) is 1. The fourth-order valence-electron chi connectivity index (χ4n) is 2.92. The minimum absolute atomic E-state index is 0.914. The van der Waals surface area contributed by atoms with E-state index in [1.807, 2.05) is 7.11 Å². The summed E-state index contributed by atoms with van der Waals surface area (Å²) in [5, 5.41) is 0. The quantitative estimate of drug-likeness (QED) is 0.651. The molecule has 1 nitrogen and oxygen atoms in total. The van der Waals surface area contributed by atoms with Gasteiger partial charge in [-0.05, 0) is 30.6 Å². The Balaban J connectivity index is 2.41. The molecule has 0 spiro atoms. The van der Waals surface area contributed by atoms with E-state index in [4.69, 9.17) is 4.74 Å². The normalized spacial score (nSPS) is 30.2. The molecule has 0 heterocycles. The van der Waals surface area contributed by atoms with Gasteiger partial charge in [0.05, 0.1) is 0 Å². The largest absolute Gasteiger partial charge is 0.385 e. The summed E-state index contributed by atoms with van der Waals surface area (Å²) in [6.45, 7) is 5.71.